The molecule has 17 heavy (non-hydrogen) atoms. The molecule has 0 aromatic heterocycles. The number of likely N-dealkylation sites (tertiary alicyclic amines) is 1. The maximum absolute atomic E-state index is 9.63. The van der Waals surface area contributed by atoms with Crippen LogP contribution in [0, 0.1) is 5.92 Å². The average molecular weight is 239 g/mol. The molecule has 1 saturated carbocycles. The summed E-state index contributed by atoms with van der Waals surface area (Å²) < 4.78 is 0. The highest BCUT2D eigenvalue weighted by Crippen LogP contribution is 2.35. The molecule has 0 aromatic rings. The Bertz CT molecular complexity index is 229. The molecule has 2 heteroatoms. The van der Waals surface area contributed by atoms with E-state index in [2.05, 4.69) is 11.8 Å². The van der Waals surface area contributed by atoms with E-state index in [1.807, 2.05) is 6.92 Å². The van der Waals surface area contributed by atoms with Crippen molar-refractivity contribution < 1.29 is 5.11 Å². The summed E-state index contributed by atoms with van der Waals surface area (Å²) in [6.07, 6.45) is 10.5. The van der Waals surface area contributed by atoms with Crippen LogP contribution in [0.3, 0.4) is 0 Å². The lowest BCUT2D eigenvalue weighted by Gasteiger charge is -2.41. The first-order valence-corrected chi connectivity index (χ1v) is 7.66. The molecule has 2 aliphatic rings. The second kappa shape index (κ2) is 6.19. The van der Waals surface area contributed by atoms with Crippen LogP contribution in [0.25, 0.3) is 0 Å². The summed E-state index contributed by atoms with van der Waals surface area (Å²) in [4.78, 5) is 2.75. The number of rotatable bonds is 4. The van der Waals surface area contributed by atoms with Crippen molar-refractivity contribution in [1.29, 1.82) is 0 Å². The summed E-state index contributed by atoms with van der Waals surface area (Å²) in [5.74, 6) is 0.915. The van der Waals surface area contributed by atoms with Crippen LogP contribution >= 0.6 is 0 Å². The summed E-state index contributed by atoms with van der Waals surface area (Å²) in [6.45, 7) is 5.57. The molecule has 1 saturated heterocycles. The average Bonchev–Trinajstić information content (AvgIpc) is 2.76. The fourth-order valence-corrected chi connectivity index (χ4v) is 4.04. The summed E-state index contributed by atoms with van der Waals surface area (Å²) >= 11 is 0. The molecule has 1 heterocycles. The summed E-state index contributed by atoms with van der Waals surface area (Å²) in [7, 11) is 0. The fourth-order valence-electron chi connectivity index (χ4n) is 4.04. The first kappa shape index (κ1) is 13.4. The SMILES string of the molecule is CCC1CCCCC1N1CCCC1CC(C)O. The Hall–Kier alpha value is -0.0800. The third kappa shape index (κ3) is 3.23. The molecule has 0 aromatic carbocycles. The number of hydrogen-bond acceptors (Lipinski definition) is 2. The van der Waals surface area contributed by atoms with Gasteiger partial charge in [0.05, 0.1) is 6.10 Å². The first-order valence-electron chi connectivity index (χ1n) is 7.66. The Balaban J connectivity index is 1.98. The molecule has 1 N–H and O–H groups in total. The van der Waals surface area contributed by atoms with E-state index in [-0.39, 0.29) is 6.10 Å². The predicted molar refractivity (Wildman–Crippen MR) is 72.1 cm³/mol. The van der Waals surface area contributed by atoms with Crippen LogP contribution in [0.15, 0.2) is 0 Å². The van der Waals surface area contributed by atoms with Crippen LogP contribution in [-0.2, 0) is 0 Å². The Morgan fingerprint density at radius 3 is 2.65 bits per heavy atom. The molecule has 100 valence electrons. The summed E-state index contributed by atoms with van der Waals surface area (Å²) in [5, 5.41) is 9.63. The standard InChI is InChI=1S/C15H29NO/c1-3-13-7-4-5-9-15(13)16-10-6-8-14(16)11-12(2)17/h12-15,17H,3-11H2,1-2H3. The predicted octanol–water partition coefficient (Wildman–Crippen LogP) is 3.19. The molecule has 2 fully saturated rings. The topological polar surface area (TPSA) is 23.5 Å². The molecule has 2 nitrogen and oxygen atoms in total. The van der Waals surface area contributed by atoms with Crippen molar-refractivity contribution in [2.75, 3.05) is 6.54 Å². The monoisotopic (exact) mass is 239 g/mol. The lowest BCUT2D eigenvalue weighted by molar-refractivity contribution is 0.0628. The molecular formula is C15H29NO. The van der Waals surface area contributed by atoms with Gasteiger partial charge in [-0.3, -0.25) is 4.90 Å². The fraction of sp³-hybridized carbons (Fsp3) is 1.00. The zero-order chi connectivity index (χ0) is 12.3. The van der Waals surface area contributed by atoms with Gasteiger partial charge in [-0.2, -0.15) is 0 Å². The maximum Gasteiger partial charge on any atom is 0.0527 e. The van der Waals surface area contributed by atoms with E-state index >= 15 is 0 Å². The highest BCUT2D eigenvalue weighted by Gasteiger charge is 2.35. The molecule has 0 spiro atoms. The van der Waals surface area contributed by atoms with E-state index in [9.17, 15) is 5.11 Å². The Labute approximate surface area is 106 Å². The van der Waals surface area contributed by atoms with Crippen LogP contribution in [0.5, 0.6) is 0 Å². The van der Waals surface area contributed by atoms with Crippen LogP contribution in [0.4, 0.5) is 0 Å². The minimum absolute atomic E-state index is 0.135. The van der Waals surface area contributed by atoms with E-state index in [4.69, 9.17) is 0 Å². The highest BCUT2D eigenvalue weighted by molar-refractivity contribution is 4.90. The number of aliphatic hydroxyl groups is 1. The van der Waals surface area contributed by atoms with Gasteiger partial charge < -0.3 is 5.11 Å². The molecule has 4 unspecified atom stereocenters. The minimum Gasteiger partial charge on any atom is -0.393 e. The van der Waals surface area contributed by atoms with E-state index in [1.54, 1.807) is 0 Å². The number of aliphatic hydroxyl groups excluding tert-OH is 1. The van der Waals surface area contributed by atoms with Gasteiger partial charge in [0.15, 0.2) is 0 Å². The molecule has 2 rings (SSSR count). The van der Waals surface area contributed by atoms with Gasteiger partial charge in [-0.15, -0.1) is 0 Å². The van der Waals surface area contributed by atoms with Crippen molar-refractivity contribution in [3.63, 3.8) is 0 Å². The normalized spacial score (nSPS) is 37.2. The van der Waals surface area contributed by atoms with Gasteiger partial charge in [0.1, 0.15) is 0 Å². The second-order valence-corrected chi connectivity index (χ2v) is 6.14. The van der Waals surface area contributed by atoms with Crippen molar-refractivity contribution in [3.05, 3.63) is 0 Å². The summed E-state index contributed by atoms with van der Waals surface area (Å²) in [6, 6.07) is 1.48. The van der Waals surface area contributed by atoms with Gasteiger partial charge in [0.25, 0.3) is 0 Å². The van der Waals surface area contributed by atoms with Crippen molar-refractivity contribution in [3.8, 4) is 0 Å². The minimum atomic E-state index is -0.135. The highest BCUT2D eigenvalue weighted by atomic mass is 16.3. The van der Waals surface area contributed by atoms with Gasteiger partial charge in [0.2, 0.25) is 0 Å². The van der Waals surface area contributed by atoms with Gasteiger partial charge in [-0.1, -0.05) is 26.2 Å². The van der Waals surface area contributed by atoms with E-state index in [0.717, 1.165) is 18.4 Å². The molecular weight excluding hydrogens is 210 g/mol. The van der Waals surface area contributed by atoms with Crippen LogP contribution in [0.1, 0.15) is 65.2 Å². The molecule has 0 amide bonds. The van der Waals surface area contributed by atoms with E-state index < -0.39 is 0 Å². The van der Waals surface area contributed by atoms with Crippen LogP contribution < -0.4 is 0 Å². The maximum atomic E-state index is 9.63. The van der Waals surface area contributed by atoms with Crippen molar-refractivity contribution in [2.45, 2.75) is 83.4 Å². The molecule has 1 aliphatic carbocycles. The zero-order valence-corrected chi connectivity index (χ0v) is 11.6. The lowest BCUT2D eigenvalue weighted by atomic mass is 9.81. The Kier molecular flexibility index (Phi) is 4.87. The molecule has 0 radical (unpaired) electrons. The van der Waals surface area contributed by atoms with Crippen molar-refractivity contribution in [1.82, 2.24) is 4.90 Å². The van der Waals surface area contributed by atoms with Crippen molar-refractivity contribution >= 4 is 0 Å². The summed E-state index contributed by atoms with van der Waals surface area (Å²) in [5.41, 5.74) is 0. The molecule has 4 atom stereocenters. The Morgan fingerprint density at radius 2 is 1.94 bits per heavy atom. The molecule has 0 bridgehead atoms. The van der Waals surface area contributed by atoms with Gasteiger partial charge >= 0.3 is 0 Å². The lowest BCUT2D eigenvalue weighted by Crippen LogP contribution is -2.45. The smallest absolute Gasteiger partial charge is 0.0527 e. The zero-order valence-electron chi connectivity index (χ0n) is 11.6. The van der Waals surface area contributed by atoms with Gasteiger partial charge in [0, 0.05) is 12.1 Å². The van der Waals surface area contributed by atoms with Crippen LogP contribution in [-0.4, -0.2) is 34.7 Å². The first-order chi connectivity index (χ1) is 8.22. The van der Waals surface area contributed by atoms with Gasteiger partial charge in [-0.25, -0.2) is 0 Å². The van der Waals surface area contributed by atoms with Gasteiger partial charge in [-0.05, 0) is 51.5 Å². The number of nitrogens with zero attached hydrogens (tertiary/aromatic N) is 1. The third-order valence-electron chi connectivity index (χ3n) is 4.86. The Morgan fingerprint density at radius 1 is 1.18 bits per heavy atom. The van der Waals surface area contributed by atoms with Crippen molar-refractivity contribution in [2.24, 2.45) is 5.92 Å². The van der Waals surface area contributed by atoms with E-state index in [0.29, 0.717) is 6.04 Å². The largest absolute Gasteiger partial charge is 0.393 e. The van der Waals surface area contributed by atoms with Crippen LogP contribution in [0.2, 0.25) is 0 Å². The molecule has 1 aliphatic heterocycles. The second-order valence-electron chi connectivity index (χ2n) is 6.14. The number of hydrogen-bond donors (Lipinski definition) is 1. The quantitative estimate of drug-likeness (QED) is 0.814. The third-order valence-corrected chi connectivity index (χ3v) is 4.86. The van der Waals surface area contributed by atoms with E-state index in [1.165, 1.54) is 51.5 Å².